The second-order valence-electron chi connectivity index (χ2n) is 4.98. The highest BCUT2D eigenvalue weighted by Gasteiger charge is 2.27. The van der Waals surface area contributed by atoms with E-state index in [4.69, 9.17) is 4.74 Å². The molecule has 1 aromatic rings. The van der Waals surface area contributed by atoms with E-state index < -0.39 is 11.9 Å². The number of phenols is 1. The highest BCUT2D eigenvalue weighted by molar-refractivity contribution is 5.76. The van der Waals surface area contributed by atoms with Crippen LogP contribution in [0.1, 0.15) is 38.8 Å². The summed E-state index contributed by atoms with van der Waals surface area (Å²) in [5.74, 6) is -0.872. The number of hydrogen-bond acceptors (Lipinski definition) is 4. The zero-order valence-corrected chi connectivity index (χ0v) is 12.3. The summed E-state index contributed by atoms with van der Waals surface area (Å²) >= 11 is 0. The minimum absolute atomic E-state index is 0.0903. The molecule has 0 bridgehead atoms. The van der Waals surface area contributed by atoms with Gasteiger partial charge in [-0.2, -0.15) is 0 Å². The number of aromatic hydroxyl groups is 1. The molecule has 0 aromatic heterocycles. The van der Waals surface area contributed by atoms with E-state index in [0.717, 1.165) is 12.5 Å². The lowest BCUT2D eigenvalue weighted by molar-refractivity contribution is -0.144. The third-order valence-electron chi connectivity index (χ3n) is 3.56. The molecule has 3 atom stereocenters. The molecule has 0 aliphatic rings. The molecule has 1 rings (SSSR count). The Kier molecular flexibility index (Phi) is 5.95. The van der Waals surface area contributed by atoms with Crippen LogP contribution in [-0.2, 0) is 9.53 Å². The predicted octanol–water partition coefficient (Wildman–Crippen LogP) is 2.77. The molecule has 0 aliphatic heterocycles. The molecule has 0 fully saturated rings. The Bertz CT molecular complexity index is 464. The van der Waals surface area contributed by atoms with Crippen LogP contribution >= 0.6 is 0 Å². The van der Waals surface area contributed by atoms with Crippen LogP contribution in [-0.4, -0.2) is 24.2 Å². The van der Waals surface area contributed by atoms with E-state index in [1.165, 1.54) is 19.2 Å². The van der Waals surface area contributed by atoms with Gasteiger partial charge >= 0.3 is 5.97 Å². The smallest absolute Gasteiger partial charge is 0.323 e. The number of phenolic OH excluding ortho intramolecular Hbond substituents is 1. The van der Waals surface area contributed by atoms with Crippen LogP contribution < -0.4 is 5.32 Å². The number of carbonyl (C=O) groups is 1. The number of benzene rings is 1. The van der Waals surface area contributed by atoms with Crippen molar-refractivity contribution in [3.8, 4) is 5.75 Å². The van der Waals surface area contributed by atoms with Gasteiger partial charge in [-0.1, -0.05) is 26.3 Å². The monoisotopic (exact) mass is 283 g/mol. The van der Waals surface area contributed by atoms with E-state index in [1.54, 1.807) is 0 Å². The summed E-state index contributed by atoms with van der Waals surface area (Å²) in [4.78, 5) is 11.8. The summed E-state index contributed by atoms with van der Waals surface area (Å²) in [6.07, 6.45) is 0.814. The van der Waals surface area contributed by atoms with Crippen molar-refractivity contribution in [1.29, 1.82) is 0 Å². The Morgan fingerprint density at radius 1 is 1.45 bits per heavy atom. The maximum absolute atomic E-state index is 13.0. The Morgan fingerprint density at radius 2 is 2.10 bits per heavy atom. The van der Waals surface area contributed by atoms with Gasteiger partial charge in [0.1, 0.15) is 17.6 Å². The zero-order valence-electron chi connectivity index (χ0n) is 12.3. The standard InChI is InChI=1S/C15H22FNO3/c1-5-9(2)14(15(19)20-4)17-10(3)12-7-6-11(16)8-13(12)18/h6-10,14,17-18H,5H2,1-4H3. The first-order chi connectivity index (χ1) is 9.40. The van der Waals surface area contributed by atoms with Crippen molar-refractivity contribution >= 4 is 5.97 Å². The molecule has 0 spiro atoms. The van der Waals surface area contributed by atoms with Gasteiger partial charge < -0.3 is 9.84 Å². The largest absolute Gasteiger partial charge is 0.508 e. The lowest BCUT2D eigenvalue weighted by Gasteiger charge is -2.26. The normalized spacial score (nSPS) is 15.4. The van der Waals surface area contributed by atoms with Crippen LogP contribution in [0.15, 0.2) is 18.2 Å². The van der Waals surface area contributed by atoms with Crippen LogP contribution in [0.25, 0.3) is 0 Å². The summed E-state index contributed by atoms with van der Waals surface area (Å²) in [7, 11) is 1.35. The number of esters is 1. The lowest BCUT2D eigenvalue weighted by Crippen LogP contribution is -2.43. The topological polar surface area (TPSA) is 58.6 Å². The molecule has 0 saturated heterocycles. The summed E-state index contributed by atoms with van der Waals surface area (Å²) in [6, 6.07) is 3.08. The van der Waals surface area contributed by atoms with Gasteiger partial charge in [0.05, 0.1) is 7.11 Å². The maximum Gasteiger partial charge on any atom is 0.323 e. The van der Waals surface area contributed by atoms with Gasteiger partial charge in [0.15, 0.2) is 0 Å². The van der Waals surface area contributed by atoms with Crippen LogP contribution in [0.3, 0.4) is 0 Å². The quantitative estimate of drug-likeness (QED) is 0.788. The molecule has 0 saturated carbocycles. The second-order valence-corrected chi connectivity index (χ2v) is 4.98. The molecule has 0 heterocycles. The van der Waals surface area contributed by atoms with Crippen molar-refractivity contribution in [2.45, 2.75) is 39.3 Å². The minimum Gasteiger partial charge on any atom is -0.508 e. The van der Waals surface area contributed by atoms with Gasteiger partial charge in [0, 0.05) is 17.7 Å². The first-order valence-corrected chi connectivity index (χ1v) is 6.73. The minimum atomic E-state index is -0.495. The van der Waals surface area contributed by atoms with Crippen LogP contribution in [0.5, 0.6) is 5.75 Å². The number of methoxy groups -OCH3 is 1. The molecule has 5 heteroatoms. The second kappa shape index (κ2) is 7.24. The molecular weight excluding hydrogens is 261 g/mol. The third-order valence-corrected chi connectivity index (χ3v) is 3.56. The Labute approximate surface area is 119 Å². The summed E-state index contributed by atoms with van der Waals surface area (Å²) < 4.78 is 17.8. The van der Waals surface area contributed by atoms with Crippen molar-refractivity contribution in [2.75, 3.05) is 7.11 Å². The molecular formula is C15H22FNO3. The molecule has 1 aromatic carbocycles. The van der Waals surface area contributed by atoms with E-state index in [9.17, 15) is 14.3 Å². The van der Waals surface area contributed by atoms with E-state index in [2.05, 4.69) is 5.32 Å². The molecule has 0 radical (unpaired) electrons. The van der Waals surface area contributed by atoms with Gasteiger partial charge in [-0.05, 0) is 18.9 Å². The fraction of sp³-hybridized carbons (Fsp3) is 0.533. The van der Waals surface area contributed by atoms with Crippen LogP contribution in [0, 0.1) is 11.7 Å². The molecule has 112 valence electrons. The average Bonchev–Trinajstić information content (AvgIpc) is 2.42. The van der Waals surface area contributed by atoms with Crippen LogP contribution in [0.4, 0.5) is 4.39 Å². The summed E-state index contributed by atoms with van der Waals surface area (Å²) in [6.45, 7) is 5.75. The van der Waals surface area contributed by atoms with E-state index in [0.29, 0.717) is 5.56 Å². The Balaban J connectivity index is 2.90. The number of rotatable bonds is 6. The van der Waals surface area contributed by atoms with Crippen molar-refractivity contribution in [1.82, 2.24) is 5.32 Å². The van der Waals surface area contributed by atoms with Gasteiger partial charge in [-0.3, -0.25) is 10.1 Å². The number of hydrogen-bond donors (Lipinski definition) is 2. The van der Waals surface area contributed by atoms with E-state index >= 15 is 0 Å². The number of ether oxygens (including phenoxy) is 1. The molecule has 2 N–H and O–H groups in total. The SMILES string of the molecule is CCC(C)C(NC(C)c1ccc(F)cc1O)C(=O)OC. The van der Waals surface area contributed by atoms with Crippen molar-refractivity contribution in [2.24, 2.45) is 5.92 Å². The van der Waals surface area contributed by atoms with E-state index in [1.807, 2.05) is 20.8 Å². The summed E-state index contributed by atoms with van der Waals surface area (Å²) in [5.41, 5.74) is 0.545. The fourth-order valence-electron chi connectivity index (χ4n) is 2.07. The molecule has 3 unspecified atom stereocenters. The van der Waals surface area contributed by atoms with Gasteiger partial charge in [-0.15, -0.1) is 0 Å². The van der Waals surface area contributed by atoms with Crippen molar-refractivity contribution < 1.29 is 19.0 Å². The first kappa shape index (κ1) is 16.4. The Hall–Kier alpha value is -1.62. The van der Waals surface area contributed by atoms with Crippen LogP contribution in [0.2, 0.25) is 0 Å². The number of halogens is 1. The first-order valence-electron chi connectivity index (χ1n) is 6.73. The summed E-state index contributed by atoms with van der Waals surface area (Å²) in [5, 5.41) is 12.9. The number of nitrogens with one attached hydrogen (secondary N) is 1. The predicted molar refractivity (Wildman–Crippen MR) is 74.9 cm³/mol. The van der Waals surface area contributed by atoms with Gasteiger partial charge in [0.2, 0.25) is 0 Å². The highest BCUT2D eigenvalue weighted by Crippen LogP contribution is 2.26. The molecule has 20 heavy (non-hydrogen) atoms. The average molecular weight is 283 g/mol. The van der Waals surface area contributed by atoms with E-state index in [-0.39, 0.29) is 23.7 Å². The molecule has 0 amide bonds. The molecule has 0 aliphatic carbocycles. The van der Waals surface area contributed by atoms with Gasteiger partial charge in [-0.25, -0.2) is 4.39 Å². The highest BCUT2D eigenvalue weighted by atomic mass is 19.1. The lowest BCUT2D eigenvalue weighted by atomic mass is 9.97. The molecule has 4 nitrogen and oxygen atoms in total. The van der Waals surface area contributed by atoms with Crippen molar-refractivity contribution in [3.63, 3.8) is 0 Å². The number of carbonyl (C=O) groups excluding carboxylic acids is 1. The Morgan fingerprint density at radius 3 is 2.60 bits per heavy atom. The maximum atomic E-state index is 13.0. The fourth-order valence-corrected chi connectivity index (χ4v) is 2.07. The van der Waals surface area contributed by atoms with Gasteiger partial charge in [0.25, 0.3) is 0 Å². The van der Waals surface area contributed by atoms with Crippen molar-refractivity contribution in [3.05, 3.63) is 29.6 Å². The zero-order chi connectivity index (χ0) is 15.3. The third kappa shape index (κ3) is 3.93.